The first-order chi connectivity index (χ1) is 7.43. The van der Waals surface area contributed by atoms with E-state index in [9.17, 15) is 0 Å². The maximum absolute atomic E-state index is 4.64. The van der Waals surface area contributed by atoms with E-state index in [1.807, 2.05) is 12.3 Å². The highest BCUT2D eigenvalue weighted by Crippen LogP contribution is 2.21. The average Bonchev–Trinajstić information content (AvgIpc) is 2.74. The summed E-state index contributed by atoms with van der Waals surface area (Å²) < 4.78 is 2.27. The zero-order valence-corrected chi connectivity index (χ0v) is 8.56. The average molecular weight is 199 g/mol. The molecule has 3 nitrogen and oxygen atoms in total. The van der Waals surface area contributed by atoms with E-state index in [1.165, 1.54) is 18.7 Å². The van der Waals surface area contributed by atoms with Crippen LogP contribution in [0.4, 0.5) is 0 Å². The first-order valence-electron chi connectivity index (χ1n) is 5.40. The number of aromatic nitrogens is 3. The molecule has 2 aromatic rings. The van der Waals surface area contributed by atoms with Gasteiger partial charge in [-0.15, -0.1) is 0 Å². The Morgan fingerprint density at radius 1 is 1.27 bits per heavy atom. The van der Waals surface area contributed by atoms with Crippen LogP contribution in [0.5, 0.6) is 0 Å². The van der Waals surface area contributed by atoms with Crippen LogP contribution in [0, 0.1) is 0 Å². The Hall–Kier alpha value is -1.64. The lowest BCUT2D eigenvalue weighted by Gasteiger charge is -2.11. The molecule has 0 saturated heterocycles. The van der Waals surface area contributed by atoms with Gasteiger partial charge in [-0.2, -0.15) is 0 Å². The molecule has 0 bridgehead atoms. The predicted molar refractivity (Wildman–Crippen MR) is 58.4 cm³/mol. The molecule has 15 heavy (non-hydrogen) atoms. The summed E-state index contributed by atoms with van der Waals surface area (Å²) >= 11 is 0. The SMILES string of the molecule is c1cncc(-c2cn3c(n2)CCCC3)c1. The third-order valence-corrected chi connectivity index (χ3v) is 2.87. The molecule has 0 aliphatic carbocycles. The van der Waals surface area contributed by atoms with Crippen LogP contribution in [0.25, 0.3) is 11.3 Å². The number of fused-ring (bicyclic) bond motifs is 1. The lowest BCUT2D eigenvalue weighted by atomic mass is 10.2. The summed E-state index contributed by atoms with van der Waals surface area (Å²) in [7, 11) is 0. The molecule has 0 atom stereocenters. The fourth-order valence-electron chi connectivity index (χ4n) is 2.07. The molecule has 0 N–H and O–H groups in total. The number of pyridine rings is 1. The summed E-state index contributed by atoms with van der Waals surface area (Å²) in [6.07, 6.45) is 9.46. The topological polar surface area (TPSA) is 30.7 Å². The Labute approximate surface area is 88.8 Å². The van der Waals surface area contributed by atoms with Crippen molar-refractivity contribution in [2.24, 2.45) is 0 Å². The molecule has 1 aliphatic heterocycles. The number of rotatable bonds is 1. The standard InChI is InChI=1S/C12H13N3/c1-2-7-15-9-11(14-12(15)5-1)10-4-3-6-13-8-10/h3-4,6,8-9H,1-2,5,7H2. The zero-order chi connectivity index (χ0) is 10.1. The number of hydrogen-bond acceptors (Lipinski definition) is 2. The Morgan fingerprint density at radius 2 is 2.27 bits per heavy atom. The van der Waals surface area contributed by atoms with Crippen molar-refractivity contribution >= 4 is 0 Å². The number of imidazole rings is 1. The summed E-state index contributed by atoms with van der Waals surface area (Å²) in [5.74, 6) is 1.22. The van der Waals surface area contributed by atoms with Crippen molar-refractivity contribution in [3.63, 3.8) is 0 Å². The van der Waals surface area contributed by atoms with Gasteiger partial charge < -0.3 is 4.57 Å². The van der Waals surface area contributed by atoms with Crippen molar-refractivity contribution in [3.05, 3.63) is 36.5 Å². The summed E-state index contributed by atoms with van der Waals surface area (Å²) in [6, 6.07) is 4.01. The van der Waals surface area contributed by atoms with Crippen molar-refractivity contribution < 1.29 is 0 Å². The molecule has 0 radical (unpaired) electrons. The molecule has 76 valence electrons. The molecule has 2 aromatic heterocycles. The highest BCUT2D eigenvalue weighted by molar-refractivity contribution is 5.57. The smallest absolute Gasteiger partial charge is 0.109 e. The predicted octanol–water partition coefficient (Wildman–Crippen LogP) is 2.28. The van der Waals surface area contributed by atoms with Gasteiger partial charge in [-0.25, -0.2) is 4.98 Å². The van der Waals surface area contributed by atoms with Gasteiger partial charge in [0.25, 0.3) is 0 Å². The normalized spacial score (nSPS) is 14.9. The molecule has 0 spiro atoms. The van der Waals surface area contributed by atoms with E-state index in [0.29, 0.717) is 0 Å². The summed E-state index contributed by atoms with van der Waals surface area (Å²) in [5, 5.41) is 0. The minimum absolute atomic E-state index is 1.06. The van der Waals surface area contributed by atoms with E-state index < -0.39 is 0 Å². The van der Waals surface area contributed by atoms with Crippen LogP contribution in [-0.4, -0.2) is 14.5 Å². The largest absolute Gasteiger partial charge is 0.334 e. The van der Waals surface area contributed by atoms with Crippen LogP contribution >= 0.6 is 0 Å². The molecule has 0 aromatic carbocycles. The van der Waals surface area contributed by atoms with Crippen molar-refractivity contribution in [2.75, 3.05) is 0 Å². The fraction of sp³-hybridized carbons (Fsp3) is 0.333. The lowest BCUT2D eigenvalue weighted by molar-refractivity contribution is 0.522. The van der Waals surface area contributed by atoms with Gasteiger partial charge in [-0.05, 0) is 25.0 Å². The monoisotopic (exact) mass is 199 g/mol. The molecule has 3 rings (SSSR count). The first kappa shape index (κ1) is 8.65. The summed E-state index contributed by atoms with van der Waals surface area (Å²) in [5.41, 5.74) is 2.17. The second-order valence-corrected chi connectivity index (χ2v) is 3.93. The van der Waals surface area contributed by atoms with E-state index in [1.54, 1.807) is 6.20 Å². The Kier molecular flexibility index (Phi) is 2.02. The van der Waals surface area contributed by atoms with Crippen LogP contribution in [-0.2, 0) is 13.0 Å². The Bertz CT molecular complexity index is 435. The number of nitrogens with zero attached hydrogens (tertiary/aromatic N) is 3. The van der Waals surface area contributed by atoms with Crippen LogP contribution in [0.15, 0.2) is 30.7 Å². The van der Waals surface area contributed by atoms with Crippen LogP contribution in [0.1, 0.15) is 18.7 Å². The van der Waals surface area contributed by atoms with Gasteiger partial charge >= 0.3 is 0 Å². The molecule has 0 amide bonds. The molecule has 3 heterocycles. The molecule has 0 unspecified atom stereocenters. The van der Waals surface area contributed by atoms with Crippen molar-refractivity contribution in [1.29, 1.82) is 0 Å². The van der Waals surface area contributed by atoms with Crippen molar-refractivity contribution in [3.8, 4) is 11.3 Å². The molecule has 1 aliphatic rings. The molecule has 0 saturated carbocycles. The van der Waals surface area contributed by atoms with Crippen molar-refractivity contribution in [2.45, 2.75) is 25.8 Å². The second kappa shape index (κ2) is 3.50. The minimum atomic E-state index is 1.06. The van der Waals surface area contributed by atoms with E-state index in [4.69, 9.17) is 0 Å². The van der Waals surface area contributed by atoms with Crippen LogP contribution in [0.3, 0.4) is 0 Å². The van der Waals surface area contributed by atoms with E-state index >= 15 is 0 Å². The van der Waals surface area contributed by atoms with E-state index in [0.717, 1.165) is 24.2 Å². The third kappa shape index (κ3) is 1.54. The van der Waals surface area contributed by atoms with Crippen LogP contribution in [0.2, 0.25) is 0 Å². The van der Waals surface area contributed by atoms with Gasteiger partial charge in [0.05, 0.1) is 5.69 Å². The maximum atomic E-state index is 4.64. The van der Waals surface area contributed by atoms with Gasteiger partial charge in [-0.3, -0.25) is 4.98 Å². The minimum Gasteiger partial charge on any atom is -0.334 e. The molecular formula is C12H13N3. The summed E-state index contributed by atoms with van der Waals surface area (Å²) in [6.45, 7) is 1.11. The van der Waals surface area contributed by atoms with Gasteiger partial charge in [0, 0.05) is 37.1 Å². The zero-order valence-electron chi connectivity index (χ0n) is 8.56. The third-order valence-electron chi connectivity index (χ3n) is 2.87. The quantitative estimate of drug-likeness (QED) is 0.705. The molecular weight excluding hydrogens is 186 g/mol. The van der Waals surface area contributed by atoms with Gasteiger partial charge in [0.2, 0.25) is 0 Å². The maximum Gasteiger partial charge on any atom is 0.109 e. The lowest BCUT2D eigenvalue weighted by Crippen LogP contribution is -2.08. The van der Waals surface area contributed by atoms with Gasteiger partial charge in [0.15, 0.2) is 0 Å². The number of hydrogen-bond donors (Lipinski definition) is 0. The van der Waals surface area contributed by atoms with Crippen molar-refractivity contribution in [1.82, 2.24) is 14.5 Å². The summed E-state index contributed by atoms with van der Waals surface area (Å²) in [4.78, 5) is 8.76. The highest BCUT2D eigenvalue weighted by atomic mass is 15.1. The van der Waals surface area contributed by atoms with E-state index in [2.05, 4.69) is 26.8 Å². The number of aryl methyl sites for hydroxylation is 2. The van der Waals surface area contributed by atoms with Crippen LogP contribution < -0.4 is 0 Å². The van der Waals surface area contributed by atoms with Gasteiger partial charge in [-0.1, -0.05) is 0 Å². The first-order valence-corrected chi connectivity index (χ1v) is 5.40. The van der Waals surface area contributed by atoms with E-state index in [-0.39, 0.29) is 0 Å². The highest BCUT2D eigenvalue weighted by Gasteiger charge is 2.12. The molecule has 0 fully saturated rings. The Balaban J connectivity index is 2.03. The van der Waals surface area contributed by atoms with Gasteiger partial charge in [0.1, 0.15) is 5.82 Å². The second-order valence-electron chi connectivity index (χ2n) is 3.93. The fourth-order valence-corrected chi connectivity index (χ4v) is 2.07. The molecule has 3 heteroatoms. The Morgan fingerprint density at radius 3 is 3.07 bits per heavy atom.